The van der Waals surface area contributed by atoms with Crippen molar-refractivity contribution in [2.75, 3.05) is 13.2 Å². The van der Waals surface area contributed by atoms with Crippen LogP contribution in [0.5, 0.6) is 11.5 Å². The molecule has 0 unspecified atom stereocenters. The number of aryl methyl sites for hydroxylation is 1. The van der Waals surface area contributed by atoms with E-state index in [1.54, 1.807) is 30.3 Å². The molecule has 0 spiro atoms. The summed E-state index contributed by atoms with van der Waals surface area (Å²) in [5, 5.41) is 4.11. The number of ether oxygens (including phenoxy) is 2. The van der Waals surface area contributed by atoms with E-state index in [1.165, 1.54) is 23.0 Å². The molecular formula is C24H27ClN2O6S. The lowest BCUT2D eigenvalue weighted by Gasteiger charge is -2.21. The van der Waals surface area contributed by atoms with Crippen LogP contribution >= 0.6 is 11.6 Å². The summed E-state index contributed by atoms with van der Waals surface area (Å²) in [7, 11) is -3.84. The molecule has 0 aliphatic carbocycles. The van der Waals surface area contributed by atoms with Gasteiger partial charge in [-0.25, -0.2) is 4.68 Å². The highest BCUT2D eigenvalue weighted by molar-refractivity contribution is 7.86. The van der Waals surface area contributed by atoms with Crippen molar-refractivity contribution in [3.05, 3.63) is 81.2 Å². The van der Waals surface area contributed by atoms with Gasteiger partial charge in [-0.3, -0.25) is 8.98 Å². The number of rotatable bonds is 9. The average Bonchev–Trinajstić information content (AvgIpc) is 2.77. The maximum atomic E-state index is 12.4. The maximum Gasteiger partial charge on any atom is 0.297 e. The van der Waals surface area contributed by atoms with E-state index in [4.69, 9.17) is 25.3 Å². The lowest BCUT2D eigenvalue weighted by Crippen LogP contribution is -2.36. The largest absolute Gasteiger partial charge is 0.491 e. The first-order valence-electron chi connectivity index (χ1n) is 10.6. The third-order valence-electron chi connectivity index (χ3n) is 4.72. The van der Waals surface area contributed by atoms with E-state index in [1.807, 2.05) is 33.8 Å². The van der Waals surface area contributed by atoms with Crippen LogP contribution in [-0.4, -0.2) is 31.4 Å². The van der Waals surface area contributed by atoms with Crippen molar-refractivity contribution in [1.82, 2.24) is 9.78 Å². The van der Waals surface area contributed by atoms with E-state index in [2.05, 4.69) is 5.10 Å². The van der Waals surface area contributed by atoms with E-state index < -0.39 is 21.2 Å². The first-order valence-corrected chi connectivity index (χ1v) is 12.3. The predicted molar refractivity (Wildman–Crippen MR) is 129 cm³/mol. The van der Waals surface area contributed by atoms with Gasteiger partial charge in [0.2, 0.25) is 0 Å². The zero-order valence-corrected chi connectivity index (χ0v) is 21.0. The number of aromatic nitrogens is 2. The molecule has 10 heteroatoms. The van der Waals surface area contributed by atoms with E-state index in [-0.39, 0.29) is 35.5 Å². The number of nitrogens with zero attached hydrogens (tertiary/aromatic N) is 2. The van der Waals surface area contributed by atoms with Crippen LogP contribution in [0.1, 0.15) is 31.9 Å². The molecule has 182 valence electrons. The Kier molecular flexibility index (Phi) is 8.01. The van der Waals surface area contributed by atoms with Crippen molar-refractivity contribution < 1.29 is 22.1 Å². The molecule has 34 heavy (non-hydrogen) atoms. The Morgan fingerprint density at radius 3 is 2.41 bits per heavy atom. The van der Waals surface area contributed by atoms with E-state index in [0.717, 1.165) is 11.1 Å². The highest BCUT2D eigenvalue weighted by atomic mass is 35.5. The van der Waals surface area contributed by atoms with Crippen LogP contribution < -0.4 is 15.0 Å². The minimum Gasteiger partial charge on any atom is -0.491 e. The summed E-state index contributed by atoms with van der Waals surface area (Å²) in [5.41, 5.74) is 0.791. The topological polar surface area (TPSA) is 96.7 Å². The van der Waals surface area contributed by atoms with Crippen molar-refractivity contribution in [1.29, 1.82) is 0 Å². The average molecular weight is 507 g/mol. The van der Waals surface area contributed by atoms with Crippen molar-refractivity contribution >= 4 is 21.7 Å². The van der Waals surface area contributed by atoms with Crippen LogP contribution in [0.25, 0.3) is 0 Å². The Balaban J connectivity index is 1.55. The van der Waals surface area contributed by atoms with Gasteiger partial charge >= 0.3 is 0 Å². The smallest absolute Gasteiger partial charge is 0.297 e. The minimum absolute atomic E-state index is 0.0377. The maximum absolute atomic E-state index is 12.4. The van der Waals surface area contributed by atoms with E-state index in [0.29, 0.717) is 5.75 Å². The molecule has 3 aromatic rings. The van der Waals surface area contributed by atoms with Crippen molar-refractivity contribution in [3.8, 4) is 11.5 Å². The van der Waals surface area contributed by atoms with Gasteiger partial charge in [-0.15, -0.1) is 0 Å². The molecule has 8 nitrogen and oxygen atoms in total. The molecule has 0 saturated carbocycles. The highest BCUT2D eigenvalue weighted by Crippen LogP contribution is 2.23. The Labute approximate surface area is 204 Å². The summed E-state index contributed by atoms with van der Waals surface area (Å²) >= 11 is 6.19. The first-order chi connectivity index (χ1) is 16.0. The zero-order valence-electron chi connectivity index (χ0n) is 19.4. The number of hydrogen-bond donors (Lipinski definition) is 0. The molecule has 0 atom stereocenters. The van der Waals surface area contributed by atoms with Gasteiger partial charge in [0.05, 0.1) is 16.6 Å². The lowest BCUT2D eigenvalue weighted by molar-refractivity contribution is 0.220. The summed E-state index contributed by atoms with van der Waals surface area (Å²) in [6, 6.07) is 13.5. The second kappa shape index (κ2) is 10.6. The second-order valence-electron chi connectivity index (χ2n) is 8.58. The normalized spacial score (nSPS) is 11.9. The molecule has 0 N–H and O–H groups in total. The molecule has 0 bridgehead atoms. The van der Waals surface area contributed by atoms with Gasteiger partial charge in [0.15, 0.2) is 10.8 Å². The molecule has 0 aliphatic heterocycles. The monoisotopic (exact) mass is 506 g/mol. The number of halogens is 1. The Hall–Kier alpha value is -2.88. The molecular weight excluding hydrogens is 480 g/mol. The summed E-state index contributed by atoms with van der Waals surface area (Å²) in [6.45, 7) is 7.47. The van der Waals surface area contributed by atoms with Gasteiger partial charge in [0, 0.05) is 0 Å². The molecule has 3 rings (SSSR count). The van der Waals surface area contributed by atoms with Gasteiger partial charge < -0.3 is 9.47 Å². The van der Waals surface area contributed by atoms with E-state index >= 15 is 0 Å². The Morgan fingerprint density at radius 1 is 1.03 bits per heavy atom. The summed E-state index contributed by atoms with van der Waals surface area (Å²) in [5.74, 6) is 0.706. The predicted octanol–water partition coefficient (Wildman–Crippen LogP) is 4.32. The molecule has 0 amide bonds. The molecule has 1 aromatic heterocycles. The fourth-order valence-corrected chi connectivity index (χ4v) is 4.03. The van der Waals surface area contributed by atoms with Crippen molar-refractivity contribution in [2.45, 2.75) is 44.7 Å². The highest BCUT2D eigenvalue weighted by Gasteiger charge is 2.20. The summed E-state index contributed by atoms with van der Waals surface area (Å²) < 4.78 is 42.1. The van der Waals surface area contributed by atoms with Crippen LogP contribution in [0.2, 0.25) is 5.02 Å². The molecule has 1 heterocycles. The SMILES string of the molecule is Cc1ccc(S(=O)(=O)OCCOc2cccc(COc3cnn(C(C)(C)C)c(=O)c3Cl)c2)cc1. The van der Waals surface area contributed by atoms with Gasteiger partial charge in [0.25, 0.3) is 15.7 Å². The van der Waals surface area contributed by atoms with E-state index in [9.17, 15) is 13.2 Å². The number of hydrogen-bond acceptors (Lipinski definition) is 7. The van der Waals surface area contributed by atoms with Gasteiger partial charge in [-0.1, -0.05) is 41.4 Å². The molecule has 2 aromatic carbocycles. The van der Waals surface area contributed by atoms with Crippen LogP contribution in [0.3, 0.4) is 0 Å². The van der Waals surface area contributed by atoms with Crippen LogP contribution in [-0.2, 0) is 26.4 Å². The minimum atomic E-state index is -3.84. The molecule has 0 fully saturated rings. The molecule has 0 saturated heterocycles. The summed E-state index contributed by atoms with van der Waals surface area (Å²) in [4.78, 5) is 12.5. The van der Waals surface area contributed by atoms with Gasteiger partial charge in [-0.05, 0) is 57.5 Å². The fourth-order valence-electron chi connectivity index (χ4n) is 2.96. The van der Waals surface area contributed by atoms with Gasteiger partial charge in [0.1, 0.15) is 25.6 Å². The lowest BCUT2D eigenvalue weighted by atomic mass is 10.1. The Morgan fingerprint density at radius 2 is 1.74 bits per heavy atom. The van der Waals surface area contributed by atoms with Crippen LogP contribution in [0.15, 0.2) is 64.4 Å². The van der Waals surface area contributed by atoms with Crippen LogP contribution in [0.4, 0.5) is 0 Å². The fraction of sp³-hybridized carbons (Fsp3) is 0.333. The zero-order chi connectivity index (χ0) is 24.9. The first kappa shape index (κ1) is 25.7. The van der Waals surface area contributed by atoms with Gasteiger partial charge in [-0.2, -0.15) is 13.5 Å². The summed E-state index contributed by atoms with van der Waals surface area (Å²) in [6.07, 6.45) is 1.42. The standard InChI is InChI=1S/C24H27ClN2O6S/c1-17-8-10-20(11-9-17)34(29,30)33-13-12-31-19-7-5-6-18(14-19)16-32-21-15-26-27(24(2,3)4)23(28)22(21)25/h5-11,14-15H,12-13,16H2,1-4H3. The number of benzene rings is 2. The Bertz CT molecular complexity index is 1300. The molecule has 0 aliphatic rings. The van der Waals surface area contributed by atoms with Crippen LogP contribution in [0, 0.1) is 6.92 Å². The quantitative estimate of drug-likeness (QED) is 0.315. The third-order valence-corrected chi connectivity index (χ3v) is 6.39. The van der Waals surface area contributed by atoms with Crippen molar-refractivity contribution in [2.24, 2.45) is 0 Å². The second-order valence-corrected chi connectivity index (χ2v) is 10.6. The van der Waals surface area contributed by atoms with Crippen molar-refractivity contribution in [3.63, 3.8) is 0 Å². The third kappa shape index (κ3) is 6.59. The molecule has 0 radical (unpaired) electrons.